The molecule has 2 fully saturated rings. The van der Waals surface area contributed by atoms with Gasteiger partial charge in [-0.15, -0.1) is 0 Å². The van der Waals surface area contributed by atoms with Crippen LogP contribution in [0.15, 0.2) is 0 Å². The molecular weight excluding hydrogens is 224 g/mol. The summed E-state index contributed by atoms with van der Waals surface area (Å²) in [5, 5.41) is 3.19. The molecule has 3 heteroatoms. The maximum Gasteiger partial charge on any atom is 0.220 e. The first-order valence-electron chi connectivity index (χ1n) is 7.55. The molecule has 2 aliphatic carbocycles. The van der Waals surface area contributed by atoms with E-state index in [0.717, 1.165) is 12.8 Å². The SMILES string of the molecule is CC1(C)C(N)CC1NC(=O)CC1CCCCCC1. The zero-order chi connectivity index (χ0) is 13.2. The van der Waals surface area contributed by atoms with Gasteiger partial charge in [0.2, 0.25) is 5.91 Å². The van der Waals surface area contributed by atoms with E-state index in [9.17, 15) is 4.79 Å². The van der Waals surface area contributed by atoms with Gasteiger partial charge in [-0.05, 0) is 25.2 Å². The van der Waals surface area contributed by atoms with Crippen LogP contribution in [0.4, 0.5) is 0 Å². The van der Waals surface area contributed by atoms with Gasteiger partial charge in [0.1, 0.15) is 0 Å². The first kappa shape index (κ1) is 13.9. The molecule has 18 heavy (non-hydrogen) atoms. The Kier molecular flexibility index (Phi) is 4.31. The van der Waals surface area contributed by atoms with E-state index in [4.69, 9.17) is 5.73 Å². The largest absolute Gasteiger partial charge is 0.353 e. The Bertz CT molecular complexity index is 293. The van der Waals surface area contributed by atoms with E-state index in [0.29, 0.717) is 5.92 Å². The van der Waals surface area contributed by atoms with E-state index < -0.39 is 0 Å². The number of hydrogen-bond donors (Lipinski definition) is 2. The Labute approximate surface area is 111 Å². The molecule has 0 aromatic heterocycles. The van der Waals surface area contributed by atoms with Crippen molar-refractivity contribution >= 4 is 5.91 Å². The van der Waals surface area contributed by atoms with Crippen LogP contribution in [0.3, 0.4) is 0 Å². The average Bonchev–Trinajstić information content (AvgIpc) is 2.57. The highest BCUT2D eigenvalue weighted by Gasteiger charge is 2.46. The van der Waals surface area contributed by atoms with Crippen molar-refractivity contribution in [3.63, 3.8) is 0 Å². The van der Waals surface area contributed by atoms with Crippen LogP contribution in [0.1, 0.15) is 65.2 Å². The van der Waals surface area contributed by atoms with Crippen molar-refractivity contribution in [3.05, 3.63) is 0 Å². The highest BCUT2D eigenvalue weighted by molar-refractivity contribution is 5.76. The molecule has 2 rings (SSSR count). The normalized spacial score (nSPS) is 32.4. The van der Waals surface area contributed by atoms with E-state index in [1.54, 1.807) is 0 Å². The van der Waals surface area contributed by atoms with Crippen molar-refractivity contribution in [3.8, 4) is 0 Å². The first-order chi connectivity index (χ1) is 8.50. The minimum Gasteiger partial charge on any atom is -0.353 e. The van der Waals surface area contributed by atoms with Gasteiger partial charge >= 0.3 is 0 Å². The first-order valence-corrected chi connectivity index (χ1v) is 7.55. The molecular formula is C15H28N2O. The third-order valence-corrected chi connectivity index (χ3v) is 5.13. The molecule has 0 aromatic rings. The Morgan fingerprint density at radius 1 is 1.22 bits per heavy atom. The molecule has 0 heterocycles. The van der Waals surface area contributed by atoms with Gasteiger partial charge in [0.05, 0.1) is 0 Å². The molecule has 2 saturated carbocycles. The second-order valence-electron chi connectivity index (χ2n) is 6.85. The maximum atomic E-state index is 12.1. The highest BCUT2D eigenvalue weighted by Crippen LogP contribution is 2.39. The molecule has 3 nitrogen and oxygen atoms in total. The number of nitrogens with one attached hydrogen (secondary N) is 1. The van der Waals surface area contributed by atoms with Crippen molar-refractivity contribution in [2.75, 3.05) is 0 Å². The molecule has 3 N–H and O–H groups in total. The van der Waals surface area contributed by atoms with Crippen LogP contribution in [0.25, 0.3) is 0 Å². The fourth-order valence-electron chi connectivity index (χ4n) is 3.29. The van der Waals surface area contributed by atoms with E-state index in [1.165, 1.54) is 38.5 Å². The maximum absolute atomic E-state index is 12.1. The molecule has 0 aliphatic heterocycles. The van der Waals surface area contributed by atoms with Crippen molar-refractivity contribution in [1.29, 1.82) is 0 Å². The number of carbonyl (C=O) groups is 1. The molecule has 0 aromatic carbocycles. The lowest BCUT2D eigenvalue weighted by molar-refractivity contribution is -0.125. The van der Waals surface area contributed by atoms with E-state index >= 15 is 0 Å². The van der Waals surface area contributed by atoms with Gasteiger partial charge in [-0.1, -0.05) is 39.5 Å². The number of nitrogens with two attached hydrogens (primary N) is 1. The van der Waals surface area contributed by atoms with E-state index in [1.807, 2.05) is 0 Å². The molecule has 104 valence electrons. The highest BCUT2D eigenvalue weighted by atomic mass is 16.1. The summed E-state index contributed by atoms with van der Waals surface area (Å²) in [7, 11) is 0. The second kappa shape index (κ2) is 5.60. The quantitative estimate of drug-likeness (QED) is 0.759. The lowest BCUT2D eigenvalue weighted by Crippen LogP contribution is -2.64. The van der Waals surface area contributed by atoms with Crippen molar-refractivity contribution in [2.45, 2.75) is 77.3 Å². The minimum atomic E-state index is 0.0686. The van der Waals surface area contributed by atoms with Crippen molar-refractivity contribution in [1.82, 2.24) is 5.32 Å². The average molecular weight is 252 g/mol. The van der Waals surface area contributed by atoms with Crippen LogP contribution < -0.4 is 11.1 Å². The topological polar surface area (TPSA) is 55.1 Å². The Balaban J connectivity index is 1.75. The third-order valence-electron chi connectivity index (χ3n) is 5.13. The van der Waals surface area contributed by atoms with Gasteiger partial charge in [0.15, 0.2) is 0 Å². The van der Waals surface area contributed by atoms with E-state index in [-0.39, 0.29) is 23.4 Å². The van der Waals surface area contributed by atoms with Crippen LogP contribution in [0.2, 0.25) is 0 Å². The van der Waals surface area contributed by atoms with Gasteiger partial charge in [-0.3, -0.25) is 4.79 Å². The fourth-order valence-corrected chi connectivity index (χ4v) is 3.29. The van der Waals surface area contributed by atoms with Gasteiger partial charge in [0, 0.05) is 23.9 Å². The summed E-state index contributed by atoms with van der Waals surface area (Å²) in [5.74, 6) is 0.858. The number of hydrogen-bond acceptors (Lipinski definition) is 2. The Hall–Kier alpha value is -0.570. The Morgan fingerprint density at radius 3 is 2.33 bits per heavy atom. The summed E-state index contributed by atoms with van der Waals surface area (Å²) in [6.07, 6.45) is 9.44. The standard InChI is InChI=1S/C15H28N2O/c1-15(2)12(16)10-13(15)17-14(18)9-11-7-5-3-4-6-8-11/h11-13H,3-10,16H2,1-2H3,(H,17,18). The molecule has 1 amide bonds. The van der Waals surface area contributed by atoms with Crippen LogP contribution in [0.5, 0.6) is 0 Å². The van der Waals surface area contributed by atoms with E-state index in [2.05, 4.69) is 19.2 Å². The summed E-state index contributed by atoms with van der Waals surface area (Å²) in [5.41, 5.74) is 6.04. The summed E-state index contributed by atoms with van der Waals surface area (Å²) in [6.45, 7) is 4.30. The number of rotatable bonds is 3. The van der Waals surface area contributed by atoms with Gasteiger partial charge in [0.25, 0.3) is 0 Å². The fraction of sp³-hybridized carbons (Fsp3) is 0.933. The van der Waals surface area contributed by atoms with Gasteiger partial charge in [-0.2, -0.15) is 0 Å². The lowest BCUT2D eigenvalue weighted by atomic mass is 9.63. The molecule has 2 atom stereocenters. The monoisotopic (exact) mass is 252 g/mol. The predicted octanol–water partition coefficient (Wildman–Crippen LogP) is 2.59. The molecule has 0 spiro atoms. The summed E-state index contributed by atoms with van der Waals surface area (Å²) < 4.78 is 0. The zero-order valence-corrected chi connectivity index (χ0v) is 11.9. The van der Waals surface area contributed by atoms with Crippen molar-refractivity contribution in [2.24, 2.45) is 17.1 Å². The summed E-state index contributed by atoms with van der Waals surface area (Å²) in [4.78, 5) is 12.1. The van der Waals surface area contributed by atoms with Crippen LogP contribution in [-0.4, -0.2) is 18.0 Å². The second-order valence-corrected chi connectivity index (χ2v) is 6.85. The molecule has 2 aliphatic rings. The number of carbonyl (C=O) groups excluding carboxylic acids is 1. The number of amides is 1. The van der Waals surface area contributed by atoms with Crippen LogP contribution >= 0.6 is 0 Å². The Morgan fingerprint density at radius 2 is 1.83 bits per heavy atom. The smallest absolute Gasteiger partial charge is 0.220 e. The summed E-state index contributed by atoms with van der Waals surface area (Å²) in [6, 6.07) is 0.520. The molecule has 0 saturated heterocycles. The minimum absolute atomic E-state index is 0.0686. The van der Waals surface area contributed by atoms with Crippen LogP contribution in [-0.2, 0) is 4.79 Å². The third kappa shape index (κ3) is 3.05. The van der Waals surface area contributed by atoms with Gasteiger partial charge in [-0.25, -0.2) is 0 Å². The van der Waals surface area contributed by atoms with Gasteiger partial charge < -0.3 is 11.1 Å². The molecule has 0 bridgehead atoms. The van der Waals surface area contributed by atoms with Crippen molar-refractivity contribution < 1.29 is 4.79 Å². The molecule has 2 unspecified atom stereocenters. The predicted molar refractivity (Wildman–Crippen MR) is 74.1 cm³/mol. The lowest BCUT2D eigenvalue weighted by Gasteiger charge is -2.50. The zero-order valence-electron chi connectivity index (χ0n) is 11.9. The van der Waals surface area contributed by atoms with Crippen LogP contribution in [0, 0.1) is 11.3 Å². The summed E-state index contributed by atoms with van der Waals surface area (Å²) >= 11 is 0. The molecule has 0 radical (unpaired) electrons.